The highest BCUT2D eigenvalue weighted by Gasteiger charge is 2.17. The van der Waals surface area contributed by atoms with Crippen molar-refractivity contribution in [2.75, 3.05) is 32.7 Å². The van der Waals surface area contributed by atoms with Gasteiger partial charge in [-0.15, -0.1) is 0 Å². The van der Waals surface area contributed by atoms with Gasteiger partial charge in [0.25, 0.3) is 0 Å². The van der Waals surface area contributed by atoms with E-state index in [0.717, 1.165) is 42.8 Å². The van der Waals surface area contributed by atoms with E-state index < -0.39 is 0 Å². The first-order chi connectivity index (χ1) is 8.69. The Balaban J connectivity index is 1.90. The number of halogens is 2. The first kappa shape index (κ1) is 13.5. The zero-order valence-electron chi connectivity index (χ0n) is 10.1. The molecule has 96 valence electrons. The molecule has 0 bridgehead atoms. The summed E-state index contributed by atoms with van der Waals surface area (Å²) in [7, 11) is 0. The Morgan fingerprint density at radius 1 is 1.22 bits per heavy atom. The molecule has 5 heteroatoms. The van der Waals surface area contributed by atoms with Crippen LogP contribution in [-0.2, 0) is 6.54 Å². The number of hydrogen-bond acceptors (Lipinski definition) is 3. The molecule has 1 saturated heterocycles. The van der Waals surface area contributed by atoms with Crippen LogP contribution in [0.2, 0.25) is 0 Å². The van der Waals surface area contributed by atoms with Crippen molar-refractivity contribution in [2.24, 2.45) is 0 Å². The summed E-state index contributed by atoms with van der Waals surface area (Å²) in [4.78, 5) is 4.47. The van der Waals surface area contributed by atoms with Crippen LogP contribution in [0.5, 0.6) is 0 Å². The maximum absolute atomic E-state index is 13.0. The molecule has 1 aliphatic heterocycles. The first-order valence-electron chi connectivity index (χ1n) is 5.94. The monoisotopic (exact) mass is 311 g/mol. The normalized spacial score (nSPS) is 17.6. The quantitative estimate of drug-likeness (QED) is 0.802. The molecule has 0 atom stereocenters. The fraction of sp³-hybridized carbons (Fsp3) is 0.462. The summed E-state index contributed by atoms with van der Waals surface area (Å²) in [5.74, 6) is -0.218. The van der Waals surface area contributed by atoms with Crippen molar-refractivity contribution in [3.05, 3.63) is 34.1 Å². The SMILES string of the molecule is N#CCN1CCN(Cc2ccc(F)cc2Br)CC1. The lowest BCUT2D eigenvalue weighted by Gasteiger charge is -2.33. The number of hydrogen-bond donors (Lipinski definition) is 0. The molecule has 1 heterocycles. The van der Waals surface area contributed by atoms with Gasteiger partial charge in [0.2, 0.25) is 0 Å². The van der Waals surface area contributed by atoms with Gasteiger partial charge >= 0.3 is 0 Å². The van der Waals surface area contributed by atoms with E-state index in [1.54, 1.807) is 0 Å². The topological polar surface area (TPSA) is 30.3 Å². The smallest absolute Gasteiger partial charge is 0.124 e. The molecular formula is C13H15BrFN3. The van der Waals surface area contributed by atoms with Gasteiger partial charge in [0.05, 0.1) is 12.6 Å². The highest BCUT2D eigenvalue weighted by molar-refractivity contribution is 9.10. The van der Waals surface area contributed by atoms with Gasteiger partial charge in [0.15, 0.2) is 0 Å². The van der Waals surface area contributed by atoms with E-state index in [1.807, 2.05) is 6.07 Å². The molecule has 1 aromatic rings. The lowest BCUT2D eigenvalue weighted by molar-refractivity contribution is 0.138. The van der Waals surface area contributed by atoms with E-state index in [2.05, 4.69) is 31.8 Å². The van der Waals surface area contributed by atoms with Crippen LogP contribution >= 0.6 is 15.9 Å². The molecular weight excluding hydrogens is 297 g/mol. The number of rotatable bonds is 3. The number of nitriles is 1. The highest BCUT2D eigenvalue weighted by atomic mass is 79.9. The first-order valence-corrected chi connectivity index (χ1v) is 6.74. The second-order valence-electron chi connectivity index (χ2n) is 4.45. The standard InChI is InChI=1S/C13H15BrFN3/c14-13-9-12(15)2-1-11(13)10-18-7-5-17(4-3-16)6-8-18/h1-2,9H,4-8,10H2. The Morgan fingerprint density at radius 2 is 1.89 bits per heavy atom. The third kappa shape index (κ3) is 3.52. The summed E-state index contributed by atoms with van der Waals surface area (Å²) in [6.45, 7) is 5.07. The summed E-state index contributed by atoms with van der Waals surface area (Å²) in [6.07, 6.45) is 0. The van der Waals surface area contributed by atoms with Crippen LogP contribution in [0.3, 0.4) is 0 Å². The zero-order valence-corrected chi connectivity index (χ0v) is 11.7. The lowest BCUT2D eigenvalue weighted by atomic mass is 10.2. The molecule has 3 nitrogen and oxygen atoms in total. The van der Waals surface area contributed by atoms with Crippen molar-refractivity contribution >= 4 is 15.9 Å². The van der Waals surface area contributed by atoms with Gasteiger partial charge in [0.1, 0.15) is 5.82 Å². The van der Waals surface area contributed by atoms with Crippen molar-refractivity contribution in [1.82, 2.24) is 9.80 Å². The molecule has 0 saturated carbocycles. The zero-order chi connectivity index (χ0) is 13.0. The highest BCUT2D eigenvalue weighted by Crippen LogP contribution is 2.20. The van der Waals surface area contributed by atoms with E-state index >= 15 is 0 Å². The van der Waals surface area contributed by atoms with Crippen molar-refractivity contribution < 1.29 is 4.39 Å². The van der Waals surface area contributed by atoms with Gasteiger partial charge in [-0.05, 0) is 17.7 Å². The van der Waals surface area contributed by atoms with Crippen LogP contribution in [0.1, 0.15) is 5.56 Å². The fourth-order valence-corrected chi connectivity index (χ4v) is 2.57. The predicted molar refractivity (Wildman–Crippen MR) is 71.4 cm³/mol. The minimum Gasteiger partial charge on any atom is -0.297 e. The molecule has 0 N–H and O–H groups in total. The molecule has 0 unspecified atom stereocenters. The fourth-order valence-electron chi connectivity index (χ4n) is 2.10. The van der Waals surface area contributed by atoms with Crippen molar-refractivity contribution in [2.45, 2.75) is 6.54 Å². The predicted octanol–water partition coefficient (Wildman–Crippen LogP) is 2.23. The molecule has 1 fully saturated rings. The maximum atomic E-state index is 13.0. The Morgan fingerprint density at radius 3 is 2.50 bits per heavy atom. The molecule has 0 amide bonds. The molecule has 0 spiro atoms. The van der Waals surface area contributed by atoms with Crippen LogP contribution in [0.25, 0.3) is 0 Å². The molecule has 0 aromatic heterocycles. The van der Waals surface area contributed by atoms with Crippen LogP contribution < -0.4 is 0 Å². The third-order valence-electron chi connectivity index (χ3n) is 3.17. The molecule has 18 heavy (non-hydrogen) atoms. The Bertz CT molecular complexity index is 450. The summed E-state index contributed by atoms with van der Waals surface area (Å²) in [5.41, 5.74) is 1.10. The third-order valence-corrected chi connectivity index (χ3v) is 3.91. The van der Waals surface area contributed by atoms with Gasteiger partial charge in [0, 0.05) is 37.2 Å². The van der Waals surface area contributed by atoms with Crippen LogP contribution in [-0.4, -0.2) is 42.5 Å². The molecule has 0 aliphatic carbocycles. The van der Waals surface area contributed by atoms with Gasteiger partial charge in [-0.25, -0.2) is 4.39 Å². The van der Waals surface area contributed by atoms with Gasteiger partial charge in [-0.3, -0.25) is 9.80 Å². The van der Waals surface area contributed by atoms with Crippen LogP contribution in [0.4, 0.5) is 4.39 Å². The van der Waals surface area contributed by atoms with Crippen molar-refractivity contribution in [3.8, 4) is 6.07 Å². The summed E-state index contributed by atoms with van der Waals surface area (Å²) in [6, 6.07) is 6.99. The second kappa shape index (κ2) is 6.28. The van der Waals surface area contributed by atoms with Gasteiger partial charge < -0.3 is 0 Å². The maximum Gasteiger partial charge on any atom is 0.124 e. The lowest BCUT2D eigenvalue weighted by Crippen LogP contribution is -2.45. The van der Waals surface area contributed by atoms with Crippen molar-refractivity contribution in [1.29, 1.82) is 5.26 Å². The summed E-state index contributed by atoms with van der Waals surface area (Å²) in [5, 5.41) is 8.64. The Labute approximate surface area is 115 Å². The number of piperazine rings is 1. The Kier molecular flexibility index (Phi) is 4.70. The van der Waals surface area contributed by atoms with E-state index in [-0.39, 0.29) is 5.82 Å². The van der Waals surface area contributed by atoms with Gasteiger partial charge in [-0.2, -0.15) is 5.26 Å². The largest absolute Gasteiger partial charge is 0.297 e. The minimum absolute atomic E-state index is 0.218. The number of benzene rings is 1. The molecule has 1 aliphatic rings. The average molecular weight is 312 g/mol. The summed E-state index contributed by atoms with van der Waals surface area (Å²) >= 11 is 3.39. The molecule has 2 rings (SSSR count). The second-order valence-corrected chi connectivity index (χ2v) is 5.30. The molecule has 0 radical (unpaired) electrons. The van der Waals surface area contributed by atoms with E-state index in [0.29, 0.717) is 6.54 Å². The average Bonchev–Trinajstić information content (AvgIpc) is 2.35. The van der Waals surface area contributed by atoms with E-state index in [4.69, 9.17) is 5.26 Å². The summed E-state index contributed by atoms with van der Waals surface area (Å²) < 4.78 is 13.8. The van der Waals surface area contributed by atoms with Gasteiger partial charge in [-0.1, -0.05) is 22.0 Å². The Hall–Kier alpha value is -0.960. The van der Waals surface area contributed by atoms with E-state index in [1.165, 1.54) is 12.1 Å². The molecule has 1 aromatic carbocycles. The van der Waals surface area contributed by atoms with Crippen molar-refractivity contribution in [3.63, 3.8) is 0 Å². The van der Waals surface area contributed by atoms with E-state index in [9.17, 15) is 4.39 Å². The van der Waals surface area contributed by atoms with Crippen LogP contribution in [0.15, 0.2) is 22.7 Å². The van der Waals surface area contributed by atoms with Crippen LogP contribution in [0, 0.1) is 17.1 Å². The minimum atomic E-state index is -0.218. The number of nitrogens with zero attached hydrogens (tertiary/aromatic N) is 3.